The van der Waals surface area contributed by atoms with Gasteiger partial charge in [-0.15, -0.1) is 0 Å². The maximum Gasteiger partial charge on any atom is 0.291 e. The average molecular weight is 367 g/mol. The second-order valence-corrected chi connectivity index (χ2v) is 7.58. The zero-order chi connectivity index (χ0) is 18.6. The molecule has 0 radical (unpaired) electrons. The van der Waals surface area contributed by atoms with Crippen LogP contribution in [0.4, 0.5) is 5.69 Å². The molecular weight excluding hydrogens is 342 g/mol. The van der Waals surface area contributed by atoms with E-state index in [0.717, 1.165) is 18.4 Å². The first kappa shape index (κ1) is 17.8. The fraction of sp³-hybridized carbons (Fsp3) is 0.429. The summed E-state index contributed by atoms with van der Waals surface area (Å²) in [4.78, 5) is 24.2. The predicted molar refractivity (Wildman–Crippen MR) is 102 cm³/mol. The Balaban J connectivity index is 1.22. The maximum absolute atomic E-state index is 12.3. The lowest BCUT2D eigenvalue weighted by molar-refractivity contribution is -0.122. The van der Waals surface area contributed by atoms with Crippen molar-refractivity contribution < 1.29 is 14.0 Å². The van der Waals surface area contributed by atoms with Crippen LogP contribution < -0.4 is 16.0 Å². The molecule has 0 aliphatic carbocycles. The highest BCUT2D eigenvalue weighted by Crippen LogP contribution is 2.32. The first-order valence-electron chi connectivity index (χ1n) is 9.62. The Labute approximate surface area is 158 Å². The second kappa shape index (κ2) is 7.96. The summed E-state index contributed by atoms with van der Waals surface area (Å²) in [5, 5.41) is 9.41. The van der Waals surface area contributed by atoms with Gasteiger partial charge < -0.3 is 20.4 Å². The number of fused-ring (bicyclic) bond motifs is 2. The van der Waals surface area contributed by atoms with E-state index in [9.17, 15) is 9.59 Å². The molecule has 2 atom stereocenters. The lowest BCUT2D eigenvalue weighted by Crippen LogP contribution is -2.39. The van der Waals surface area contributed by atoms with Crippen LogP contribution in [-0.4, -0.2) is 23.9 Å². The van der Waals surface area contributed by atoms with E-state index in [2.05, 4.69) is 16.0 Å². The smallest absolute Gasteiger partial charge is 0.291 e. The number of nitrogens with one attached hydrogen (secondary N) is 3. The monoisotopic (exact) mass is 367 g/mol. The highest BCUT2D eigenvalue weighted by atomic mass is 16.3. The van der Waals surface area contributed by atoms with E-state index in [1.165, 1.54) is 19.1 Å². The van der Waals surface area contributed by atoms with Crippen LogP contribution >= 0.6 is 0 Å². The van der Waals surface area contributed by atoms with Crippen LogP contribution in [0, 0.1) is 5.92 Å². The van der Waals surface area contributed by atoms with Gasteiger partial charge in [-0.2, -0.15) is 0 Å². The van der Waals surface area contributed by atoms with E-state index < -0.39 is 0 Å². The van der Waals surface area contributed by atoms with Crippen molar-refractivity contribution >= 4 is 17.5 Å². The standard InChI is InChI=1S/C21H25N3O3/c25-20(12-15-10-17-7-8-18(11-15)23-17)22-13-14-3-5-16(6-4-14)24-21(26)19-2-1-9-27-19/h1-6,9,15,17-18,23H,7-8,10-13H2,(H,22,25)(H,24,26). The van der Waals surface area contributed by atoms with Gasteiger partial charge in [-0.3, -0.25) is 9.59 Å². The van der Waals surface area contributed by atoms with Crippen molar-refractivity contribution in [2.45, 2.75) is 50.7 Å². The van der Waals surface area contributed by atoms with Crippen LogP contribution in [0.3, 0.4) is 0 Å². The molecule has 0 saturated carbocycles. The zero-order valence-corrected chi connectivity index (χ0v) is 15.2. The molecule has 3 N–H and O–H groups in total. The third-order valence-corrected chi connectivity index (χ3v) is 5.49. The van der Waals surface area contributed by atoms with Crippen molar-refractivity contribution in [3.63, 3.8) is 0 Å². The van der Waals surface area contributed by atoms with E-state index in [0.29, 0.717) is 36.7 Å². The number of amides is 2. The summed E-state index contributed by atoms with van der Waals surface area (Å²) in [6.07, 6.45) is 6.83. The molecule has 2 aromatic rings. The summed E-state index contributed by atoms with van der Waals surface area (Å²) in [6, 6.07) is 12.0. The van der Waals surface area contributed by atoms with Gasteiger partial charge in [0.2, 0.25) is 5.91 Å². The highest BCUT2D eigenvalue weighted by molar-refractivity contribution is 6.02. The first-order chi connectivity index (χ1) is 13.2. The van der Waals surface area contributed by atoms with E-state index in [4.69, 9.17) is 4.42 Å². The van der Waals surface area contributed by atoms with Crippen LogP contribution in [0.25, 0.3) is 0 Å². The Morgan fingerprint density at radius 1 is 1.07 bits per heavy atom. The maximum atomic E-state index is 12.3. The van der Waals surface area contributed by atoms with Gasteiger partial charge in [0.25, 0.3) is 5.91 Å². The van der Waals surface area contributed by atoms with E-state index in [1.807, 2.05) is 24.3 Å². The molecule has 2 aliphatic rings. The number of hydrogen-bond acceptors (Lipinski definition) is 4. The topological polar surface area (TPSA) is 83.4 Å². The zero-order valence-electron chi connectivity index (χ0n) is 15.2. The predicted octanol–water partition coefficient (Wildman–Crippen LogP) is 3.07. The Hall–Kier alpha value is -2.60. The van der Waals surface area contributed by atoms with Gasteiger partial charge in [-0.05, 0) is 61.4 Å². The molecule has 0 spiro atoms. The molecule has 2 fully saturated rings. The molecule has 3 heterocycles. The van der Waals surface area contributed by atoms with E-state index in [-0.39, 0.29) is 17.6 Å². The fourth-order valence-corrected chi connectivity index (χ4v) is 4.18. The minimum atomic E-state index is -0.281. The summed E-state index contributed by atoms with van der Waals surface area (Å²) in [7, 11) is 0. The molecular formula is C21H25N3O3. The summed E-state index contributed by atoms with van der Waals surface area (Å²) in [5.41, 5.74) is 1.70. The van der Waals surface area contributed by atoms with Crippen LogP contribution in [0.1, 0.15) is 48.2 Å². The van der Waals surface area contributed by atoms with Crippen molar-refractivity contribution in [3.05, 3.63) is 54.0 Å². The lowest BCUT2D eigenvalue weighted by atomic mass is 9.89. The quantitative estimate of drug-likeness (QED) is 0.733. The van der Waals surface area contributed by atoms with Crippen molar-refractivity contribution in [1.29, 1.82) is 0 Å². The molecule has 27 heavy (non-hydrogen) atoms. The second-order valence-electron chi connectivity index (χ2n) is 7.58. The molecule has 4 rings (SSSR count). The average Bonchev–Trinajstić information content (AvgIpc) is 3.31. The molecule has 2 amide bonds. The molecule has 2 saturated heterocycles. The minimum absolute atomic E-state index is 0.122. The molecule has 1 aromatic heterocycles. The number of furan rings is 1. The summed E-state index contributed by atoms with van der Waals surface area (Å²) >= 11 is 0. The van der Waals surface area contributed by atoms with Crippen LogP contribution in [0.2, 0.25) is 0 Å². The van der Waals surface area contributed by atoms with Crippen LogP contribution in [0.5, 0.6) is 0 Å². The molecule has 2 bridgehead atoms. The Kier molecular flexibility index (Phi) is 5.25. The molecule has 142 valence electrons. The molecule has 6 heteroatoms. The first-order valence-corrected chi connectivity index (χ1v) is 9.62. The molecule has 2 aliphatic heterocycles. The van der Waals surface area contributed by atoms with Gasteiger partial charge in [0, 0.05) is 30.7 Å². The molecule has 2 unspecified atom stereocenters. The van der Waals surface area contributed by atoms with E-state index in [1.54, 1.807) is 12.1 Å². The highest BCUT2D eigenvalue weighted by Gasteiger charge is 2.34. The SMILES string of the molecule is O=C(CC1CC2CCC(C1)N2)NCc1ccc(NC(=O)c2ccco2)cc1. The van der Waals surface area contributed by atoms with Gasteiger partial charge >= 0.3 is 0 Å². The van der Waals surface area contributed by atoms with Gasteiger partial charge in [0.1, 0.15) is 0 Å². The number of benzene rings is 1. The lowest BCUT2D eigenvalue weighted by Gasteiger charge is -2.28. The van der Waals surface area contributed by atoms with Crippen molar-refractivity contribution in [3.8, 4) is 0 Å². The molecule has 6 nitrogen and oxygen atoms in total. The Bertz CT molecular complexity index is 774. The normalized spacial score (nSPS) is 23.8. The van der Waals surface area contributed by atoms with Crippen LogP contribution in [-0.2, 0) is 11.3 Å². The number of carbonyl (C=O) groups is 2. The van der Waals surface area contributed by atoms with Gasteiger partial charge in [0.15, 0.2) is 5.76 Å². The molecule has 1 aromatic carbocycles. The van der Waals surface area contributed by atoms with Gasteiger partial charge in [0.05, 0.1) is 6.26 Å². The summed E-state index contributed by atoms with van der Waals surface area (Å²) in [6.45, 7) is 0.503. The Morgan fingerprint density at radius 2 is 1.81 bits per heavy atom. The van der Waals surface area contributed by atoms with Gasteiger partial charge in [-0.25, -0.2) is 0 Å². The third kappa shape index (κ3) is 4.57. The number of piperidine rings is 1. The van der Waals surface area contributed by atoms with E-state index >= 15 is 0 Å². The summed E-state index contributed by atoms with van der Waals surface area (Å²) in [5.74, 6) is 0.620. The largest absolute Gasteiger partial charge is 0.459 e. The van der Waals surface area contributed by atoms with Gasteiger partial charge in [-0.1, -0.05) is 12.1 Å². The summed E-state index contributed by atoms with van der Waals surface area (Å²) < 4.78 is 5.07. The number of rotatable bonds is 6. The van der Waals surface area contributed by atoms with Crippen LogP contribution in [0.15, 0.2) is 47.1 Å². The minimum Gasteiger partial charge on any atom is -0.459 e. The fourth-order valence-electron chi connectivity index (χ4n) is 4.18. The number of carbonyl (C=O) groups excluding carboxylic acids is 2. The number of hydrogen-bond donors (Lipinski definition) is 3. The third-order valence-electron chi connectivity index (χ3n) is 5.49. The van der Waals surface area contributed by atoms with Crippen molar-refractivity contribution in [2.24, 2.45) is 5.92 Å². The number of anilines is 1. The van der Waals surface area contributed by atoms with Crippen molar-refractivity contribution in [1.82, 2.24) is 10.6 Å². The van der Waals surface area contributed by atoms with Crippen molar-refractivity contribution in [2.75, 3.05) is 5.32 Å². The Morgan fingerprint density at radius 3 is 2.48 bits per heavy atom.